The summed E-state index contributed by atoms with van der Waals surface area (Å²) < 4.78 is 19.8. The summed E-state index contributed by atoms with van der Waals surface area (Å²) in [6.45, 7) is 2.72. The van der Waals surface area contributed by atoms with Gasteiger partial charge < -0.3 is 45.1 Å². The van der Waals surface area contributed by atoms with Gasteiger partial charge in [0.25, 0.3) is 11.8 Å². The van der Waals surface area contributed by atoms with Crippen LogP contribution in [-0.2, 0) is 48.2 Å². The van der Waals surface area contributed by atoms with E-state index in [-0.39, 0.29) is 29.3 Å². The van der Waals surface area contributed by atoms with Crippen LogP contribution in [0.3, 0.4) is 0 Å². The number of nitrogens with one attached hydrogen (secondary N) is 3. The maximum absolute atomic E-state index is 13.4. The van der Waals surface area contributed by atoms with Crippen LogP contribution in [0.5, 0.6) is 0 Å². The molecule has 11 heterocycles. The van der Waals surface area contributed by atoms with Crippen molar-refractivity contribution in [1.82, 2.24) is 68.5 Å². The number of ether oxygens (including phenoxy) is 3. The van der Waals surface area contributed by atoms with Gasteiger partial charge in [0, 0.05) is 122 Å². The second-order valence-corrected chi connectivity index (χ2v) is 29.1. The standard InChI is InChI=1S/2C31H28N6O3.C25H19N5O2.C7H12O2/c2*1-40-31(39)26-13-8-15-36(26)30(38)24-17-23(19-32-20-24)28-34-29(33-18-21-9-4-2-5-10-21)27-25(14-16-37(27)35-28)22-11-6-3-7-12-22;31-25(32)20-13-19(15-26-16-20)23-28-24(27-14-17-7-3-1-4-8-17)22-21(11-12-30(22)29-23)18-9-5-2-6-10-18;1-9-7(8)6-4-2-3-5-6/h2*2-7,9-12,14,16-17,19-20,26H,8,13,15,18H2,1H3,(H,33,34,35);1-13,15-16H,14H2,(H,31,32)(H,27,28,29);6H,2-5H2,1H3. The van der Waals surface area contributed by atoms with Gasteiger partial charge in [-0.1, -0.05) is 195 Å². The molecule has 0 bridgehead atoms. The highest BCUT2D eigenvalue weighted by atomic mass is 16.5. The predicted octanol–water partition coefficient (Wildman–Crippen LogP) is 15.8. The zero-order valence-electron chi connectivity index (χ0n) is 66.8. The van der Waals surface area contributed by atoms with Gasteiger partial charge in [0.05, 0.1) is 43.9 Å². The highest BCUT2D eigenvalue weighted by molar-refractivity contribution is 5.99. The van der Waals surface area contributed by atoms with Crippen molar-refractivity contribution < 1.29 is 48.1 Å². The van der Waals surface area contributed by atoms with E-state index in [1.165, 1.54) is 58.8 Å². The molecule has 4 N–H and O–H groups in total. The lowest BCUT2D eigenvalue weighted by Crippen LogP contribution is -2.41. The molecule has 2 amide bonds. The Hall–Kier alpha value is -15.2. The number of carboxylic acid groups (broad SMARTS) is 1. The van der Waals surface area contributed by atoms with Gasteiger partial charge in [0.1, 0.15) is 28.6 Å². The number of esters is 3. The van der Waals surface area contributed by atoms with E-state index in [9.17, 15) is 33.9 Å². The van der Waals surface area contributed by atoms with Gasteiger partial charge in [0.15, 0.2) is 34.9 Å². The van der Waals surface area contributed by atoms with E-state index in [1.807, 2.05) is 170 Å². The van der Waals surface area contributed by atoms with Crippen LogP contribution in [0.25, 0.3) is 84.1 Å². The van der Waals surface area contributed by atoms with E-state index in [4.69, 9.17) is 34.6 Å². The minimum absolute atomic E-state index is 0.0208. The number of aromatic nitrogens is 12. The summed E-state index contributed by atoms with van der Waals surface area (Å²) in [5.41, 5.74) is 14.6. The quantitative estimate of drug-likeness (QED) is 0.0383. The van der Waals surface area contributed by atoms with Crippen molar-refractivity contribution in [3.8, 4) is 67.5 Å². The molecule has 9 aromatic heterocycles. The molecule has 2 unspecified atom stereocenters. The molecule has 121 heavy (non-hydrogen) atoms. The monoisotopic (exact) mass is 1610 g/mol. The number of rotatable bonds is 21. The molecule has 2 atom stereocenters. The van der Waals surface area contributed by atoms with E-state index in [2.05, 4.69) is 89.3 Å². The summed E-state index contributed by atoms with van der Waals surface area (Å²) in [4.78, 5) is 104. The van der Waals surface area contributed by atoms with Crippen LogP contribution >= 0.6 is 0 Å². The van der Waals surface area contributed by atoms with Crippen LogP contribution < -0.4 is 16.0 Å². The number of likely N-dealkylation sites (tertiary alicyclic amines) is 2. The van der Waals surface area contributed by atoms with Gasteiger partial charge in [-0.05, 0) is 108 Å². The molecule has 1 aliphatic carbocycles. The molecular formula is C94H87N17O10. The molecule has 608 valence electrons. The fraction of sp³-hybridized carbons (Fsp3) is 0.202. The number of methoxy groups -OCH3 is 3. The lowest BCUT2D eigenvalue weighted by molar-refractivity contribution is -0.145. The highest BCUT2D eigenvalue weighted by Gasteiger charge is 2.37. The van der Waals surface area contributed by atoms with Crippen LogP contribution in [-0.4, -0.2) is 156 Å². The second kappa shape index (κ2) is 38.3. The Kier molecular flexibility index (Phi) is 25.6. The zero-order chi connectivity index (χ0) is 83.6. The number of carboxylic acids is 1. The third kappa shape index (κ3) is 19.0. The van der Waals surface area contributed by atoms with Crippen LogP contribution in [0.4, 0.5) is 17.5 Å². The normalized spacial score (nSPS) is 14.2. The summed E-state index contributed by atoms with van der Waals surface area (Å²) in [6, 6.07) is 70.4. The molecule has 3 aliphatic rings. The Morgan fingerprint density at radius 1 is 0.364 bits per heavy atom. The van der Waals surface area contributed by atoms with Crippen molar-refractivity contribution in [2.24, 2.45) is 5.92 Å². The van der Waals surface area contributed by atoms with Gasteiger partial charge in [-0.15, -0.1) is 15.3 Å². The molecule has 15 aromatic rings. The smallest absolute Gasteiger partial charge is 0.337 e. The first-order chi connectivity index (χ1) is 59.3. The first kappa shape index (κ1) is 81.0. The highest BCUT2D eigenvalue weighted by Crippen LogP contribution is 2.37. The van der Waals surface area contributed by atoms with Gasteiger partial charge in [-0.2, -0.15) is 0 Å². The third-order valence-electron chi connectivity index (χ3n) is 21.3. The van der Waals surface area contributed by atoms with Crippen molar-refractivity contribution in [3.05, 3.63) is 308 Å². The van der Waals surface area contributed by atoms with Gasteiger partial charge in [0.2, 0.25) is 0 Å². The van der Waals surface area contributed by atoms with Crippen LogP contribution in [0.1, 0.15) is 99.1 Å². The van der Waals surface area contributed by atoms with Crippen LogP contribution in [0.2, 0.25) is 0 Å². The van der Waals surface area contributed by atoms with E-state index in [0.29, 0.717) is 108 Å². The number of hydrogen-bond donors (Lipinski definition) is 4. The number of pyridine rings is 3. The van der Waals surface area contributed by atoms with Crippen molar-refractivity contribution in [3.63, 3.8) is 0 Å². The second-order valence-electron chi connectivity index (χ2n) is 29.1. The molecule has 0 radical (unpaired) electrons. The van der Waals surface area contributed by atoms with E-state index in [0.717, 1.165) is 92.3 Å². The predicted molar refractivity (Wildman–Crippen MR) is 459 cm³/mol. The fourth-order valence-corrected chi connectivity index (χ4v) is 15.2. The van der Waals surface area contributed by atoms with Gasteiger partial charge >= 0.3 is 23.9 Å². The lowest BCUT2D eigenvalue weighted by atomic mass is 10.1. The number of fused-ring (bicyclic) bond motifs is 3. The number of aromatic carboxylic acids is 1. The molecule has 2 saturated heterocycles. The maximum atomic E-state index is 13.4. The average Bonchev–Trinajstić information content (AvgIpc) is 1.66. The summed E-state index contributed by atoms with van der Waals surface area (Å²) in [6.07, 6.45) is 22.0. The van der Waals surface area contributed by atoms with E-state index in [1.54, 1.807) is 54.1 Å². The molecule has 2 aliphatic heterocycles. The first-order valence-electron chi connectivity index (χ1n) is 39.9. The Morgan fingerprint density at radius 2 is 0.669 bits per heavy atom. The first-order valence-corrected chi connectivity index (χ1v) is 39.9. The Morgan fingerprint density at radius 3 is 0.983 bits per heavy atom. The Labute approximate surface area is 697 Å². The molecule has 27 nitrogen and oxygen atoms in total. The molecule has 3 fully saturated rings. The largest absolute Gasteiger partial charge is 0.478 e. The topological polar surface area (TPSA) is 322 Å². The van der Waals surface area contributed by atoms with Crippen molar-refractivity contribution in [2.45, 2.75) is 83.1 Å². The zero-order valence-corrected chi connectivity index (χ0v) is 66.8. The number of anilines is 3. The summed E-state index contributed by atoms with van der Waals surface area (Å²) >= 11 is 0. The minimum Gasteiger partial charge on any atom is -0.478 e. The molecular weight excluding hydrogens is 1530 g/mol. The van der Waals surface area contributed by atoms with Crippen LogP contribution in [0, 0.1) is 5.92 Å². The molecule has 0 spiro atoms. The van der Waals surface area contributed by atoms with E-state index >= 15 is 0 Å². The third-order valence-corrected chi connectivity index (χ3v) is 21.3. The number of carbonyl (C=O) groups is 6. The molecule has 6 aromatic carbocycles. The average molecular weight is 1610 g/mol. The minimum atomic E-state index is -1.05. The van der Waals surface area contributed by atoms with Gasteiger partial charge in [-0.25, -0.2) is 42.9 Å². The number of hydrogen-bond acceptors (Lipinski definition) is 21. The lowest BCUT2D eigenvalue weighted by Gasteiger charge is -2.22. The maximum Gasteiger partial charge on any atom is 0.337 e. The Bertz CT molecular complexity index is 5900. The molecule has 18 rings (SSSR count). The van der Waals surface area contributed by atoms with Crippen molar-refractivity contribution in [2.75, 3.05) is 50.4 Å². The summed E-state index contributed by atoms with van der Waals surface area (Å²) in [5.74, 6) is 1.03. The number of amides is 2. The SMILES string of the molecule is COC(=O)C1CCCC1.COC(=O)C1CCCN1C(=O)c1cncc(-c2nc(NCc3ccccc3)c3c(-c4ccccc4)ccn3n2)c1.COC(=O)C1CCCN1C(=O)c1cncc(-c2nc(NCc3ccccc3)c3c(-c4ccccc4)ccn3n2)c1.O=C(O)c1cncc(-c2nc(NCc3ccccc3)c3c(-c4ccccc4)ccn3n2)c1. The van der Waals surface area contributed by atoms with Crippen molar-refractivity contribution in [1.29, 1.82) is 0 Å². The summed E-state index contributed by atoms with van der Waals surface area (Å²) in [5, 5.41) is 34.0. The Balaban J connectivity index is 0.000000135. The fourth-order valence-electron chi connectivity index (χ4n) is 15.2. The molecule has 1 saturated carbocycles. The van der Waals surface area contributed by atoms with Crippen molar-refractivity contribution >= 4 is 69.7 Å². The molecule has 27 heteroatoms. The number of nitrogens with zero attached hydrogens (tertiary/aromatic N) is 14. The van der Waals surface area contributed by atoms with Crippen LogP contribution in [0.15, 0.2) is 274 Å². The van der Waals surface area contributed by atoms with Gasteiger partial charge in [-0.3, -0.25) is 29.3 Å². The number of carbonyl (C=O) groups excluding carboxylic acids is 5. The summed E-state index contributed by atoms with van der Waals surface area (Å²) in [7, 11) is 4.14. The number of benzene rings is 6. The van der Waals surface area contributed by atoms with E-state index < -0.39 is 30.0 Å².